The zero-order valence-corrected chi connectivity index (χ0v) is 17.0. The van der Waals surface area contributed by atoms with Gasteiger partial charge in [0.2, 0.25) is 5.95 Å². The van der Waals surface area contributed by atoms with Gasteiger partial charge >= 0.3 is 0 Å². The molecule has 140 valence electrons. The molecule has 1 aromatic heterocycles. The minimum atomic E-state index is 0.420. The average molecular weight is 394 g/mol. The summed E-state index contributed by atoms with van der Waals surface area (Å²) in [5, 5.41) is 1.38. The summed E-state index contributed by atoms with van der Waals surface area (Å²) < 4.78 is 0. The Kier molecular flexibility index (Phi) is 6.22. The second kappa shape index (κ2) is 8.42. The zero-order chi connectivity index (χ0) is 18.7. The van der Waals surface area contributed by atoms with E-state index < -0.39 is 0 Å². The molecule has 0 amide bonds. The van der Waals surface area contributed by atoms with Crippen LogP contribution < -0.4 is 9.80 Å². The minimum absolute atomic E-state index is 0.420. The number of likely N-dealkylation sites (N-methyl/N-ethyl adjacent to an activating group) is 1. The Hall–Kier alpha value is -1.56. The van der Waals surface area contributed by atoms with Crippen molar-refractivity contribution in [2.24, 2.45) is 0 Å². The molecule has 0 spiro atoms. The fourth-order valence-corrected chi connectivity index (χ4v) is 3.96. The van der Waals surface area contributed by atoms with Crippen LogP contribution in [0.25, 0.3) is 0 Å². The Morgan fingerprint density at radius 3 is 2.58 bits per heavy atom. The number of hydrogen-bond donors (Lipinski definition) is 0. The van der Waals surface area contributed by atoms with Crippen molar-refractivity contribution in [3.05, 3.63) is 46.1 Å². The normalized spacial score (nSPS) is 18.0. The lowest BCUT2D eigenvalue weighted by Crippen LogP contribution is -2.46. The van der Waals surface area contributed by atoms with Crippen molar-refractivity contribution in [1.82, 2.24) is 14.9 Å². The molecule has 0 N–H and O–H groups in total. The van der Waals surface area contributed by atoms with Gasteiger partial charge < -0.3 is 9.80 Å². The third-order valence-corrected chi connectivity index (χ3v) is 5.18. The van der Waals surface area contributed by atoms with Gasteiger partial charge in [-0.25, -0.2) is 4.98 Å². The van der Waals surface area contributed by atoms with Gasteiger partial charge in [-0.2, -0.15) is 4.98 Å². The second-order valence-electron chi connectivity index (χ2n) is 7.03. The Morgan fingerprint density at radius 1 is 1.15 bits per heavy atom. The van der Waals surface area contributed by atoms with Crippen molar-refractivity contribution in [1.29, 1.82) is 0 Å². The van der Waals surface area contributed by atoms with Gasteiger partial charge in [-0.05, 0) is 49.2 Å². The molecule has 1 unspecified atom stereocenters. The van der Waals surface area contributed by atoms with Crippen LogP contribution in [0.1, 0.15) is 18.4 Å². The highest BCUT2D eigenvalue weighted by Crippen LogP contribution is 2.24. The number of benzene rings is 1. The number of hydrogen-bond acceptors (Lipinski definition) is 5. The lowest BCUT2D eigenvalue weighted by Gasteiger charge is -2.38. The van der Waals surface area contributed by atoms with E-state index in [0.29, 0.717) is 16.1 Å². The lowest BCUT2D eigenvalue weighted by atomic mass is 10.0. The van der Waals surface area contributed by atoms with Gasteiger partial charge in [0.25, 0.3) is 0 Å². The number of aromatic nitrogens is 2. The number of piperidine rings is 1. The summed E-state index contributed by atoms with van der Waals surface area (Å²) in [6, 6.07) is 8.16. The largest absolute Gasteiger partial charge is 0.355 e. The minimum Gasteiger partial charge on any atom is -0.355 e. The molecule has 26 heavy (non-hydrogen) atoms. The highest BCUT2D eigenvalue weighted by molar-refractivity contribution is 6.34. The van der Waals surface area contributed by atoms with E-state index in [1.807, 2.05) is 43.4 Å². The highest BCUT2D eigenvalue weighted by Gasteiger charge is 2.24. The number of halogens is 2. The van der Waals surface area contributed by atoms with Gasteiger partial charge in [0.15, 0.2) is 0 Å². The molecule has 1 aliphatic heterocycles. The maximum absolute atomic E-state index is 6.14. The van der Waals surface area contributed by atoms with E-state index in [1.165, 1.54) is 0 Å². The first-order valence-electron chi connectivity index (χ1n) is 8.83. The average Bonchev–Trinajstić information content (AvgIpc) is 2.60. The van der Waals surface area contributed by atoms with Crippen LogP contribution in [0.3, 0.4) is 0 Å². The van der Waals surface area contributed by atoms with Crippen LogP contribution in [-0.4, -0.2) is 55.1 Å². The van der Waals surface area contributed by atoms with Crippen LogP contribution in [0, 0.1) is 0 Å². The maximum atomic E-state index is 6.14. The van der Waals surface area contributed by atoms with Gasteiger partial charge in [0.1, 0.15) is 5.82 Å². The molecule has 0 radical (unpaired) electrons. The number of nitrogens with zero attached hydrogens (tertiary/aromatic N) is 5. The van der Waals surface area contributed by atoms with Crippen molar-refractivity contribution in [3.63, 3.8) is 0 Å². The standard InChI is InChI=1S/C19H25Cl2N5/c1-24(2)19-22-7-6-18(23-19)25(3)17-5-4-8-26(13-17)12-14-9-15(20)11-16(21)10-14/h6-7,9-11,17H,4-5,8,12-13H2,1-3H3. The first-order chi connectivity index (χ1) is 12.4. The molecule has 7 heteroatoms. The summed E-state index contributed by atoms with van der Waals surface area (Å²) in [6.45, 7) is 2.93. The van der Waals surface area contributed by atoms with Gasteiger partial charge in [0.05, 0.1) is 0 Å². The Morgan fingerprint density at radius 2 is 1.88 bits per heavy atom. The summed E-state index contributed by atoms with van der Waals surface area (Å²) in [5.74, 6) is 1.69. The lowest BCUT2D eigenvalue weighted by molar-refractivity contribution is 0.198. The van der Waals surface area contributed by atoms with Crippen LogP contribution in [-0.2, 0) is 6.54 Å². The summed E-state index contributed by atoms with van der Waals surface area (Å²) in [7, 11) is 6.03. The predicted molar refractivity (Wildman–Crippen MR) is 110 cm³/mol. The van der Waals surface area contributed by atoms with Crippen LogP contribution >= 0.6 is 23.2 Å². The first kappa shape index (κ1) is 19.2. The van der Waals surface area contributed by atoms with E-state index in [0.717, 1.165) is 49.8 Å². The molecule has 0 aliphatic carbocycles. The topological polar surface area (TPSA) is 35.5 Å². The number of likely N-dealkylation sites (tertiary alicyclic amines) is 1. The molecule has 0 bridgehead atoms. The molecular weight excluding hydrogens is 369 g/mol. The Labute approximate surface area is 165 Å². The van der Waals surface area contributed by atoms with Gasteiger partial charge in [-0.15, -0.1) is 0 Å². The highest BCUT2D eigenvalue weighted by atomic mass is 35.5. The van der Waals surface area contributed by atoms with E-state index in [2.05, 4.69) is 26.8 Å². The van der Waals surface area contributed by atoms with Gasteiger partial charge in [-0.1, -0.05) is 23.2 Å². The van der Waals surface area contributed by atoms with Crippen molar-refractivity contribution in [2.45, 2.75) is 25.4 Å². The van der Waals surface area contributed by atoms with Crippen LogP contribution in [0.2, 0.25) is 10.0 Å². The summed E-state index contributed by atoms with van der Waals surface area (Å²) in [6.07, 6.45) is 4.14. The maximum Gasteiger partial charge on any atom is 0.226 e. The number of anilines is 2. The molecule has 5 nitrogen and oxygen atoms in total. The molecule has 2 aromatic rings. The third-order valence-electron chi connectivity index (χ3n) is 4.75. The fourth-order valence-electron chi connectivity index (χ4n) is 3.39. The van der Waals surface area contributed by atoms with Gasteiger partial charge in [0, 0.05) is 56.5 Å². The smallest absolute Gasteiger partial charge is 0.226 e. The van der Waals surface area contributed by atoms with Crippen molar-refractivity contribution >= 4 is 35.0 Å². The molecule has 1 saturated heterocycles. The fraction of sp³-hybridized carbons (Fsp3) is 0.474. The molecular formula is C19H25Cl2N5. The van der Waals surface area contributed by atoms with E-state index in [1.54, 1.807) is 6.07 Å². The van der Waals surface area contributed by atoms with Gasteiger partial charge in [-0.3, -0.25) is 4.90 Å². The predicted octanol–water partition coefficient (Wildman–Crippen LogP) is 3.95. The van der Waals surface area contributed by atoms with Crippen molar-refractivity contribution < 1.29 is 0 Å². The van der Waals surface area contributed by atoms with Crippen LogP contribution in [0.15, 0.2) is 30.5 Å². The SMILES string of the molecule is CN(C)c1nccc(N(C)C2CCCN(Cc3cc(Cl)cc(Cl)c3)C2)n1. The summed E-state index contributed by atoms with van der Waals surface area (Å²) in [5.41, 5.74) is 1.16. The first-order valence-corrected chi connectivity index (χ1v) is 9.58. The van der Waals surface area contributed by atoms with Crippen LogP contribution in [0.5, 0.6) is 0 Å². The number of rotatable bonds is 5. The molecule has 1 aromatic carbocycles. The molecule has 2 heterocycles. The molecule has 1 atom stereocenters. The molecule has 1 aliphatic rings. The van der Waals surface area contributed by atoms with E-state index in [4.69, 9.17) is 23.2 Å². The zero-order valence-electron chi connectivity index (χ0n) is 15.5. The quantitative estimate of drug-likeness (QED) is 0.768. The third kappa shape index (κ3) is 4.78. The van der Waals surface area contributed by atoms with E-state index in [9.17, 15) is 0 Å². The molecule has 3 rings (SSSR count). The van der Waals surface area contributed by atoms with E-state index in [-0.39, 0.29) is 0 Å². The van der Waals surface area contributed by atoms with E-state index >= 15 is 0 Å². The summed E-state index contributed by atoms with van der Waals surface area (Å²) in [4.78, 5) is 15.6. The monoisotopic (exact) mass is 393 g/mol. The Bertz CT molecular complexity index is 732. The summed E-state index contributed by atoms with van der Waals surface area (Å²) >= 11 is 12.3. The van der Waals surface area contributed by atoms with Crippen LogP contribution in [0.4, 0.5) is 11.8 Å². The molecule has 0 saturated carbocycles. The second-order valence-corrected chi connectivity index (χ2v) is 7.90. The Balaban J connectivity index is 1.68. The molecule has 1 fully saturated rings. The van der Waals surface area contributed by atoms with Crippen molar-refractivity contribution in [3.8, 4) is 0 Å². The van der Waals surface area contributed by atoms with Crippen molar-refractivity contribution in [2.75, 3.05) is 44.0 Å².